The van der Waals surface area contributed by atoms with Gasteiger partial charge in [0.2, 0.25) is 0 Å². The van der Waals surface area contributed by atoms with Gasteiger partial charge in [-0.15, -0.1) is 0 Å². The minimum Gasteiger partial charge on any atom is -0.497 e. The Hall–Kier alpha value is -3.18. The number of benzene rings is 3. The van der Waals surface area contributed by atoms with Crippen LogP contribution in [0.4, 0.5) is 0 Å². The van der Waals surface area contributed by atoms with Crippen LogP contribution in [-0.4, -0.2) is 36.3 Å². The molecule has 170 valence electrons. The quantitative estimate of drug-likeness (QED) is 0.554. The molecule has 1 fully saturated rings. The largest absolute Gasteiger partial charge is 0.497 e. The highest BCUT2D eigenvalue weighted by Crippen LogP contribution is 2.34. The Morgan fingerprint density at radius 2 is 1.76 bits per heavy atom. The molecule has 0 spiro atoms. The third-order valence-electron chi connectivity index (χ3n) is 6.90. The Labute approximate surface area is 195 Å². The molecule has 1 saturated carbocycles. The summed E-state index contributed by atoms with van der Waals surface area (Å²) >= 11 is 0. The zero-order valence-corrected chi connectivity index (χ0v) is 19.2. The van der Waals surface area contributed by atoms with Crippen molar-refractivity contribution in [1.82, 2.24) is 10.3 Å². The molecule has 1 atom stereocenters. The van der Waals surface area contributed by atoms with Crippen molar-refractivity contribution in [3.05, 3.63) is 77.9 Å². The van der Waals surface area contributed by atoms with Gasteiger partial charge in [-0.3, -0.25) is 4.79 Å². The Kier molecular flexibility index (Phi) is 6.40. The van der Waals surface area contributed by atoms with Crippen LogP contribution in [-0.2, 0) is 4.79 Å². The molecule has 1 aliphatic carbocycles. The van der Waals surface area contributed by atoms with E-state index in [9.17, 15) is 4.79 Å². The van der Waals surface area contributed by atoms with Gasteiger partial charge in [0, 0.05) is 12.5 Å². The topological polar surface area (TPSA) is 53.9 Å². The molecule has 2 aliphatic rings. The molecule has 5 rings (SSSR count). The van der Waals surface area contributed by atoms with Crippen molar-refractivity contribution in [2.24, 2.45) is 5.10 Å². The number of nitrogens with zero attached hydrogens (tertiary/aromatic N) is 2. The fourth-order valence-electron chi connectivity index (χ4n) is 4.99. The molecule has 0 radical (unpaired) electrons. The van der Waals surface area contributed by atoms with Crippen molar-refractivity contribution < 1.29 is 9.53 Å². The third kappa shape index (κ3) is 4.79. The fourth-order valence-corrected chi connectivity index (χ4v) is 4.99. The number of hydrogen-bond acceptors (Lipinski definition) is 4. The van der Waals surface area contributed by atoms with E-state index < -0.39 is 0 Å². The molecule has 1 heterocycles. The maximum absolute atomic E-state index is 13.3. The molecule has 0 saturated heterocycles. The number of hydrazone groups is 1. The van der Waals surface area contributed by atoms with Crippen molar-refractivity contribution in [3.8, 4) is 5.75 Å². The number of amides is 1. The average molecular weight is 442 g/mol. The van der Waals surface area contributed by atoms with Crippen LogP contribution in [0.5, 0.6) is 5.75 Å². The lowest BCUT2D eigenvalue weighted by molar-refractivity contribution is -0.132. The summed E-state index contributed by atoms with van der Waals surface area (Å²) in [4.78, 5) is 13.3. The number of hydrogen-bond donors (Lipinski definition) is 1. The van der Waals surface area contributed by atoms with Crippen molar-refractivity contribution in [3.63, 3.8) is 0 Å². The first kappa shape index (κ1) is 21.7. The fraction of sp³-hybridized carbons (Fsp3) is 0.357. The highest BCUT2D eigenvalue weighted by atomic mass is 16.5. The SMILES string of the molecule is COc1ccc(C2CC(c3ccc4ccccc4c3)=NN2C(=O)CNC2CCCCC2)cc1. The highest BCUT2D eigenvalue weighted by Gasteiger charge is 2.33. The van der Waals surface area contributed by atoms with Gasteiger partial charge in [0.25, 0.3) is 5.91 Å². The molecular formula is C28H31N3O2. The zero-order chi connectivity index (χ0) is 22.6. The first-order valence-electron chi connectivity index (χ1n) is 12.0. The summed E-state index contributed by atoms with van der Waals surface area (Å²) in [6.45, 7) is 0.325. The minimum atomic E-state index is -0.113. The lowest BCUT2D eigenvalue weighted by Gasteiger charge is -2.26. The molecule has 0 aromatic heterocycles. The van der Waals surface area contributed by atoms with Crippen molar-refractivity contribution in [2.75, 3.05) is 13.7 Å². The van der Waals surface area contributed by atoms with Gasteiger partial charge in [0.15, 0.2) is 0 Å². The Balaban J connectivity index is 1.40. The third-order valence-corrected chi connectivity index (χ3v) is 6.90. The van der Waals surface area contributed by atoms with E-state index in [2.05, 4.69) is 47.8 Å². The molecule has 0 bridgehead atoms. The van der Waals surface area contributed by atoms with Crippen molar-refractivity contribution in [1.29, 1.82) is 0 Å². The molecule has 1 N–H and O–H groups in total. The molecule has 1 aliphatic heterocycles. The Bertz CT molecular complexity index is 1150. The maximum atomic E-state index is 13.3. The normalized spacial score (nSPS) is 19.0. The van der Waals surface area contributed by atoms with E-state index in [1.54, 1.807) is 12.1 Å². The van der Waals surface area contributed by atoms with E-state index >= 15 is 0 Å². The van der Waals surface area contributed by atoms with E-state index in [0.29, 0.717) is 19.0 Å². The number of methoxy groups -OCH3 is 1. The summed E-state index contributed by atoms with van der Waals surface area (Å²) in [7, 11) is 1.66. The molecule has 5 nitrogen and oxygen atoms in total. The second-order valence-corrected chi connectivity index (χ2v) is 9.06. The summed E-state index contributed by atoms with van der Waals surface area (Å²) in [6, 6.07) is 23.1. The number of nitrogens with one attached hydrogen (secondary N) is 1. The highest BCUT2D eigenvalue weighted by molar-refractivity contribution is 6.05. The van der Waals surface area contributed by atoms with E-state index in [1.165, 1.54) is 30.0 Å². The van der Waals surface area contributed by atoms with Gasteiger partial charge in [-0.1, -0.05) is 67.8 Å². The summed E-state index contributed by atoms with van der Waals surface area (Å²) in [5, 5.41) is 12.4. The Morgan fingerprint density at radius 1 is 1.00 bits per heavy atom. The Morgan fingerprint density at radius 3 is 2.52 bits per heavy atom. The predicted octanol–water partition coefficient (Wildman–Crippen LogP) is 5.45. The van der Waals surface area contributed by atoms with Gasteiger partial charge in [-0.2, -0.15) is 5.10 Å². The standard InChI is InChI=1S/C28H31N3O2/c1-33-25-15-13-21(14-16-25)27-18-26(23-12-11-20-7-5-6-8-22(20)17-23)30-31(27)28(32)19-29-24-9-3-2-4-10-24/h5-8,11-17,24,27,29H,2-4,9-10,18-19H2,1H3. The van der Waals surface area contributed by atoms with E-state index in [0.717, 1.165) is 35.4 Å². The smallest absolute Gasteiger partial charge is 0.257 e. The van der Waals surface area contributed by atoms with Gasteiger partial charge in [-0.25, -0.2) is 5.01 Å². The molecule has 5 heteroatoms. The van der Waals surface area contributed by atoms with Crippen LogP contribution in [0.25, 0.3) is 10.8 Å². The average Bonchev–Trinajstić information content (AvgIpc) is 3.33. The molecule has 1 unspecified atom stereocenters. The minimum absolute atomic E-state index is 0.0252. The van der Waals surface area contributed by atoms with Crippen LogP contribution in [0, 0.1) is 0 Å². The summed E-state index contributed by atoms with van der Waals surface area (Å²) < 4.78 is 5.32. The molecule has 1 amide bonds. The van der Waals surface area contributed by atoms with Gasteiger partial charge < -0.3 is 10.1 Å². The van der Waals surface area contributed by atoms with Gasteiger partial charge in [-0.05, 0) is 52.9 Å². The molecule has 3 aromatic rings. The lowest BCUT2D eigenvalue weighted by atomic mass is 9.95. The zero-order valence-electron chi connectivity index (χ0n) is 19.2. The maximum Gasteiger partial charge on any atom is 0.257 e. The summed E-state index contributed by atoms with van der Waals surface area (Å²) in [5.74, 6) is 0.835. The van der Waals surface area contributed by atoms with Crippen LogP contribution < -0.4 is 10.1 Å². The summed E-state index contributed by atoms with van der Waals surface area (Å²) in [5.41, 5.74) is 3.09. The predicted molar refractivity (Wildman–Crippen MR) is 133 cm³/mol. The molecule has 33 heavy (non-hydrogen) atoms. The van der Waals surface area contributed by atoms with Crippen LogP contribution in [0.1, 0.15) is 55.7 Å². The van der Waals surface area contributed by atoms with Crippen molar-refractivity contribution in [2.45, 2.75) is 50.6 Å². The van der Waals surface area contributed by atoms with E-state index in [-0.39, 0.29) is 11.9 Å². The number of ether oxygens (including phenoxy) is 1. The van der Waals surface area contributed by atoms with Crippen LogP contribution in [0.2, 0.25) is 0 Å². The van der Waals surface area contributed by atoms with E-state index in [1.807, 2.05) is 24.3 Å². The number of carbonyl (C=O) groups is 1. The summed E-state index contributed by atoms with van der Waals surface area (Å²) in [6.07, 6.45) is 6.79. The van der Waals surface area contributed by atoms with Crippen LogP contribution in [0.3, 0.4) is 0 Å². The second-order valence-electron chi connectivity index (χ2n) is 9.06. The number of fused-ring (bicyclic) bond motifs is 1. The van der Waals surface area contributed by atoms with Crippen LogP contribution >= 0.6 is 0 Å². The van der Waals surface area contributed by atoms with Crippen molar-refractivity contribution >= 4 is 22.4 Å². The van der Waals surface area contributed by atoms with Gasteiger partial charge in [0.05, 0.1) is 25.4 Å². The number of rotatable bonds is 6. The van der Waals surface area contributed by atoms with Crippen LogP contribution in [0.15, 0.2) is 71.8 Å². The second kappa shape index (κ2) is 9.75. The van der Waals surface area contributed by atoms with Gasteiger partial charge in [0.1, 0.15) is 5.75 Å². The first-order valence-corrected chi connectivity index (χ1v) is 12.0. The molecule has 3 aromatic carbocycles. The lowest BCUT2D eigenvalue weighted by Crippen LogP contribution is -2.40. The van der Waals surface area contributed by atoms with E-state index in [4.69, 9.17) is 9.84 Å². The molecular weight excluding hydrogens is 410 g/mol. The van der Waals surface area contributed by atoms with Gasteiger partial charge >= 0.3 is 0 Å². The number of carbonyl (C=O) groups excluding carboxylic acids is 1. The first-order chi connectivity index (χ1) is 16.2. The monoisotopic (exact) mass is 441 g/mol.